The van der Waals surface area contributed by atoms with Gasteiger partial charge in [-0.25, -0.2) is 9.59 Å². The van der Waals surface area contributed by atoms with Gasteiger partial charge < -0.3 is 18.3 Å². The van der Waals surface area contributed by atoms with Crippen LogP contribution >= 0.6 is 0 Å². The lowest BCUT2D eigenvalue weighted by Crippen LogP contribution is -2.26. The Balaban J connectivity index is 1.66. The van der Waals surface area contributed by atoms with Crippen LogP contribution in [0.5, 0.6) is 11.5 Å². The first kappa shape index (κ1) is 23.7. The van der Waals surface area contributed by atoms with Crippen molar-refractivity contribution in [1.29, 1.82) is 0 Å². The monoisotopic (exact) mass is 484 g/mol. The Labute approximate surface area is 208 Å². The summed E-state index contributed by atoms with van der Waals surface area (Å²) in [4.78, 5) is 23.7. The van der Waals surface area contributed by atoms with Crippen LogP contribution in [0.2, 0.25) is 0 Å². The Morgan fingerprint density at radius 1 is 0.917 bits per heavy atom. The van der Waals surface area contributed by atoms with Gasteiger partial charge in [0.1, 0.15) is 22.7 Å². The molecule has 4 aromatic rings. The van der Waals surface area contributed by atoms with E-state index in [0.29, 0.717) is 22.7 Å². The number of hydrogen-bond acceptors (Lipinski definition) is 6. The van der Waals surface area contributed by atoms with E-state index < -0.39 is 11.3 Å². The van der Waals surface area contributed by atoms with Gasteiger partial charge in [-0.2, -0.15) is 0 Å². The molecule has 0 radical (unpaired) electrons. The van der Waals surface area contributed by atoms with E-state index in [1.165, 1.54) is 17.7 Å². The van der Waals surface area contributed by atoms with Crippen molar-refractivity contribution in [3.8, 4) is 11.5 Å². The fourth-order valence-electron chi connectivity index (χ4n) is 5.09. The number of benzene rings is 2. The average molecular weight is 485 g/mol. The van der Waals surface area contributed by atoms with E-state index in [-0.39, 0.29) is 11.3 Å². The molecule has 6 nitrogen and oxygen atoms in total. The van der Waals surface area contributed by atoms with Crippen molar-refractivity contribution >= 4 is 28.0 Å². The van der Waals surface area contributed by atoms with Gasteiger partial charge in [0.25, 0.3) is 0 Å². The second kappa shape index (κ2) is 9.19. The molecule has 2 aromatic heterocycles. The van der Waals surface area contributed by atoms with Crippen LogP contribution in [-0.2, 0) is 0 Å². The fraction of sp³-hybridized carbons (Fsp3) is 0.267. The zero-order valence-electron chi connectivity index (χ0n) is 20.8. The van der Waals surface area contributed by atoms with Gasteiger partial charge in [0, 0.05) is 40.5 Å². The maximum Gasteiger partial charge on any atom is 0.336 e. The lowest BCUT2D eigenvalue weighted by Gasteiger charge is -2.38. The second-order valence-electron chi connectivity index (χ2n) is 9.57. The highest BCUT2D eigenvalue weighted by Gasteiger charge is 2.36. The molecule has 0 saturated heterocycles. The Kier molecular flexibility index (Phi) is 6.04. The van der Waals surface area contributed by atoms with Crippen LogP contribution in [0.15, 0.2) is 84.7 Å². The molecule has 1 aliphatic carbocycles. The zero-order valence-corrected chi connectivity index (χ0v) is 20.8. The number of ether oxygens (including phenoxy) is 2. The highest BCUT2D eigenvalue weighted by atomic mass is 16.5. The topological polar surface area (TPSA) is 78.9 Å². The van der Waals surface area contributed by atoms with E-state index in [2.05, 4.69) is 26.0 Å². The molecule has 1 aliphatic rings. The molecule has 0 N–H and O–H groups in total. The summed E-state index contributed by atoms with van der Waals surface area (Å²) in [5, 5.41) is 1.67. The normalized spacial score (nSPS) is 20.1. The lowest BCUT2D eigenvalue weighted by atomic mass is 9.66. The number of fused-ring (bicyclic) bond motifs is 2. The minimum Gasteiger partial charge on any atom is -0.496 e. The van der Waals surface area contributed by atoms with Crippen LogP contribution in [-0.4, -0.2) is 14.2 Å². The van der Waals surface area contributed by atoms with Crippen LogP contribution in [0.3, 0.4) is 0 Å². The SMILES string of the molecule is COc1cc2oc(=O)ccc2cc1[C@@H]1C=C(C)CC[C@]1(C)/C=C/c1c(OC)ccc2ccc(=O)oc12. The van der Waals surface area contributed by atoms with Gasteiger partial charge in [0.15, 0.2) is 0 Å². The van der Waals surface area contributed by atoms with E-state index in [1.54, 1.807) is 32.4 Å². The van der Waals surface area contributed by atoms with E-state index in [9.17, 15) is 9.59 Å². The van der Waals surface area contributed by atoms with Gasteiger partial charge in [-0.1, -0.05) is 30.7 Å². The van der Waals surface area contributed by atoms with E-state index in [0.717, 1.165) is 34.7 Å². The lowest BCUT2D eigenvalue weighted by molar-refractivity contribution is 0.322. The molecule has 2 aromatic carbocycles. The van der Waals surface area contributed by atoms with Gasteiger partial charge in [0.05, 0.1) is 19.8 Å². The molecule has 36 heavy (non-hydrogen) atoms. The number of methoxy groups -OCH3 is 2. The summed E-state index contributed by atoms with van der Waals surface area (Å²) in [6, 6.07) is 14.0. The van der Waals surface area contributed by atoms with E-state index >= 15 is 0 Å². The van der Waals surface area contributed by atoms with Crippen molar-refractivity contribution in [2.75, 3.05) is 14.2 Å². The summed E-state index contributed by atoms with van der Waals surface area (Å²) in [5.41, 5.74) is 2.96. The standard InChI is InChI=1S/C30H28O6/c1-18-11-13-30(2,14-12-21-24(33-3)8-5-19-6-9-28(32)36-29(19)21)23(15-18)22-16-20-7-10-27(31)35-25(20)17-26(22)34-4/h5-10,12,14-17,23H,11,13H2,1-4H3/b14-12+/t23-,30+/m0/s1. The molecule has 0 spiro atoms. The maximum atomic E-state index is 12.0. The minimum absolute atomic E-state index is 0.00163. The first-order valence-corrected chi connectivity index (χ1v) is 11.9. The van der Waals surface area contributed by atoms with Crippen LogP contribution in [0.4, 0.5) is 0 Å². The largest absolute Gasteiger partial charge is 0.496 e. The summed E-state index contributed by atoms with van der Waals surface area (Å²) in [6.45, 7) is 4.37. The maximum absolute atomic E-state index is 12.0. The highest BCUT2D eigenvalue weighted by molar-refractivity contribution is 5.88. The van der Waals surface area contributed by atoms with Crippen molar-refractivity contribution in [1.82, 2.24) is 0 Å². The fourth-order valence-corrected chi connectivity index (χ4v) is 5.09. The molecule has 5 rings (SSSR count). The average Bonchev–Trinajstić information content (AvgIpc) is 2.88. The Morgan fingerprint density at radius 2 is 1.61 bits per heavy atom. The van der Waals surface area contributed by atoms with Gasteiger partial charge in [0.2, 0.25) is 0 Å². The third kappa shape index (κ3) is 4.24. The summed E-state index contributed by atoms with van der Waals surface area (Å²) in [5.74, 6) is 1.30. The quantitative estimate of drug-likeness (QED) is 0.239. The summed E-state index contributed by atoms with van der Waals surface area (Å²) in [7, 11) is 3.23. The molecule has 2 heterocycles. The van der Waals surface area contributed by atoms with Gasteiger partial charge in [-0.3, -0.25) is 0 Å². The second-order valence-corrected chi connectivity index (χ2v) is 9.57. The van der Waals surface area contributed by atoms with Crippen LogP contribution < -0.4 is 20.7 Å². The van der Waals surface area contributed by atoms with Crippen LogP contribution in [0.25, 0.3) is 28.0 Å². The molecule has 0 bridgehead atoms. The van der Waals surface area contributed by atoms with Crippen molar-refractivity contribution in [2.45, 2.75) is 32.6 Å². The minimum atomic E-state index is -0.404. The van der Waals surface area contributed by atoms with Gasteiger partial charge in [-0.15, -0.1) is 0 Å². The summed E-state index contributed by atoms with van der Waals surface area (Å²) < 4.78 is 22.3. The molecule has 0 fully saturated rings. The van der Waals surface area contributed by atoms with E-state index in [4.69, 9.17) is 18.3 Å². The van der Waals surface area contributed by atoms with Crippen molar-refractivity contribution in [2.24, 2.45) is 5.41 Å². The number of allylic oxidation sites excluding steroid dienone is 3. The molecular formula is C30H28O6. The number of rotatable bonds is 5. The Hall–Kier alpha value is -4.06. The molecule has 0 aliphatic heterocycles. The zero-order chi connectivity index (χ0) is 25.4. The van der Waals surface area contributed by atoms with Crippen LogP contribution in [0.1, 0.15) is 43.7 Å². The Bertz CT molecular complexity index is 1640. The third-order valence-corrected chi connectivity index (χ3v) is 7.17. The van der Waals surface area contributed by atoms with Gasteiger partial charge in [-0.05, 0) is 55.5 Å². The highest BCUT2D eigenvalue weighted by Crippen LogP contribution is 2.50. The summed E-state index contributed by atoms with van der Waals surface area (Å²) >= 11 is 0. The predicted octanol–water partition coefficient (Wildman–Crippen LogP) is 6.46. The summed E-state index contributed by atoms with van der Waals surface area (Å²) in [6.07, 6.45) is 8.34. The first-order chi connectivity index (χ1) is 17.3. The molecule has 2 atom stereocenters. The number of hydrogen-bond donors (Lipinski definition) is 0. The molecule has 0 amide bonds. The smallest absolute Gasteiger partial charge is 0.336 e. The van der Waals surface area contributed by atoms with Crippen molar-refractivity contribution in [3.05, 3.63) is 98.2 Å². The van der Waals surface area contributed by atoms with Crippen molar-refractivity contribution < 1.29 is 18.3 Å². The van der Waals surface area contributed by atoms with E-state index in [1.807, 2.05) is 24.3 Å². The first-order valence-electron chi connectivity index (χ1n) is 11.9. The van der Waals surface area contributed by atoms with Crippen molar-refractivity contribution in [3.63, 3.8) is 0 Å². The predicted molar refractivity (Wildman–Crippen MR) is 141 cm³/mol. The van der Waals surface area contributed by atoms with Crippen LogP contribution in [0, 0.1) is 5.41 Å². The molecular weight excluding hydrogens is 456 g/mol. The third-order valence-electron chi connectivity index (χ3n) is 7.17. The molecule has 0 saturated carbocycles. The van der Waals surface area contributed by atoms with Gasteiger partial charge >= 0.3 is 11.3 Å². The molecule has 6 heteroatoms. The Morgan fingerprint density at radius 3 is 2.36 bits per heavy atom. The molecule has 0 unspecified atom stereocenters. The molecule has 184 valence electrons.